The van der Waals surface area contributed by atoms with Crippen LogP contribution in [0.4, 0.5) is 4.39 Å². The van der Waals surface area contributed by atoms with Gasteiger partial charge < -0.3 is 10.5 Å². The topological polar surface area (TPSA) is 38.5 Å². The van der Waals surface area contributed by atoms with Crippen LogP contribution in [0.25, 0.3) is 0 Å². The fourth-order valence-electron chi connectivity index (χ4n) is 2.06. The molecular formula is C14H23FN2O. The standard InChI is InChI=1S/C14H23FN2O/c1-4-17(7-8-18-3)14(10-16)12-6-5-11(2)13(15)9-12/h5-6,9,14H,4,7-8,10,16H2,1-3H3. The molecule has 0 saturated heterocycles. The molecule has 0 aliphatic heterocycles. The smallest absolute Gasteiger partial charge is 0.126 e. The lowest BCUT2D eigenvalue weighted by atomic mass is 10.0. The predicted molar refractivity (Wildman–Crippen MR) is 72.1 cm³/mol. The lowest BCUT2D eigenvalue weighted by Crippen LogP contribution is -2.36. The van der Waals surface area contributed by atoms with Gasteiger partial charge in [0.2, 0.25) is 0 Å². The Kier molecular flexibility index (Phi) is 6.25. The Balaban J connectivity index is 2.88. The lowest BCUT2D eigenvalue weighted by molar-refractivity contribution is 0.125. The van der Waals surface area contributed by atoms with Gasteiger partial charge in [0.15, 0.2) is 0 Å². The molecule has 18 heavy (non-hydrogen) atoms. The molecule has 0 radical (unpaired) electrons. The van der Waals surface area contributed by atoms with Crippen molar-refractivity contribution in [3.05, 3.63) is 35.1 Å². The summed E-state index contributed by atoms with van der Waals surface area (Å²) in [5, 5.41) is 0. The third kappa shape index (κ3) is 3.77. The molecule has 0 heterocycles. The van der Waals surface area contributed by atoms with Crippen molar-refractivity contribution in [1.82, 2.24) is 4.90 Å². The number of ether oxygens (including phenoxy) is 1. The molecule has 102 valence electrons. The van der Waals surface area contributed by atoms with Crippen LogP contribution in [0.1, 0.15) is 24.1 Å². The summed E-state index contributed by atoms with van der Waals surface area (Å²) in [6.07, 6.45) is 0. The molecule has 1 aromatic carbocycles. The van der Waals surface area contributed by atoms with Crippen LogP contribution < -0.4 is 5.73 Å². The van der Waals surface area contributed by atoms with Gasteiger partial charge in [0.25, 0.3) is 0 Å². The van der Waals surface area contributed by atoms with Crippen molar-refractivity contribution < 1.29 is 9.13 Å². The maximum absolute atomic E-state index is 13.6. The van der Waals surface area contributed by atoms with Crippen molar-refractivity contribution >= 4 is 0 Å². The van der Waals surface area contributed by atoms with E-state index in [1.165, 1.54) is 0 Å². The molecule has 0 aliphatic carbocycles. The van der Waals surface area contributed by atoms with Crippen molar-refractivity contribution in [1.29, 1.82) is 0 Å². The Morgan fingerprint density at radius 3 is 2.67 bits per heavy atom. The summed E-state index contributed by atoms with van der Waals surface area (Å²) in [6, 6.07) is 5.38. The Hall–Kier alpha value is -0.970. The lowest BCUT2D eigenvalue weighted by Gasteiger charge is -2.30. The van der Waals surface area contributed by atoms with Gasteiger partial charge in [0.05, 0.1) is 6.61 Å². The summed E-state index contributed by atoms with van der Waals surface area (Å²) in [4.78, 5) is 2.20. The maximum atomic E-state index is 13.6. The second-order valence-corrected chi connectivity index (χ2v) is 4.38. The zero-order valence-electron chi connectivity index (χ0n) is 11.4. The van der Waals surface area contributed by atoms with Crippen molar-refractivity contribution in [2.45, 2.75) is 19.9 Å². The predicted octanol–water partition coefficient (Wildman–Crippen LogP) is 2.10. The number of rotatable bonds is 7. The monoisotopic (exact) mass is 254 g/mol. The molecule has 1 atom stereocenters. The molecule has 0 fully saturated rings. The van der Waals surface area contributed by atoms with Gasteiger partial charge in [-0.05, 0) is 30.7 Å². The van der Waals surface area contributed by atoms with E-state index in [-0.39, 0.29) is 11.9 Å². The zero-order chi connectivity index (χ0) is 13.5. The van der Waals surface area contributed by atoms with Crippen molar-refractivity contribution in [2.24, 2.45) is 5.73 Å². The van der Waals surface area contributed by atoms with E-state index in [0.29, 0.717) is 18.7 Å². The van der Waals surface area contributed by atoms with Gasteiger partial charge in [-0.15, -0.1) is 0 Å². The van der Waals surface area contributed by atoms with Crippen LogP contribution in [-0.2, 0) is 4.74 Å². The first-order chi connectivity index (χ1) is 8.63. The largest absolute Gasteiger partial charge is 0.383 e. The molecule has 2 N–H and O–H groups in total. The molecule has 0 spiro atoms. The molecule has 0 aromatic heterocycles. The fourth-order valence-corrected chi connectivity index (χ4v) is 2.06. The fraction of sp³-hybridized carbons (Fsp3) is 0.571. The van der Waals surface area contributed by atoms with Crippen LogP contribution in [-0.4, -0.2) is 38.3 Å². The summed E-state index contributed by atoms with van der Waals surface area (Å²) in [5.41, 5.74) is 7.43. The highest BCUT2D eigenvalue weighted by atomic mass is 19.1. The SMILES string of the molecule is CCN(CCOC)C(CN)c1ccc(C)c(F)c1. The highest BCUT2D eigenvalue weighted by molar-refractivity contribution is 5.26. The molecule has 0 saturated carbocycles. The highest BCUT2D eigenvalue weighted by Crippen LogP contribution is 2.21. The summed E-state index contributed by atoms with van der Waals surface area (Å²) < 4.78 is 18.7. The van der Waals surface area contributed by atoms with Crippen molar-refractivity contribution in [3.8, 4) is 0 Å². The van der Waals surface area contributed by atoms with Crippen molar-refractivity contribution in [3.63, 3.8) is 0 Å². The van der Waals surface area contributed by atoms with E-state index >= 15 is 0 Å². The van der Waals surface area contributed by atoms with Gasteiger partial charge in [-0.2, -0.15) is 0 Å². The number of nitrogens with two attached hydrogens (primary N) is 1. The second-order valence-electron chi connectivity index (χ2n) is 4.38. The molecule has 1 rings (SSSR count). The number of halogens is 1. The summed E-state index contributed by atoms with van der Waals surface area (Å²) in [5.74, 6) is -0.172. The molecule has 0 aliphatic rings. The quantitative estimate of drug-likeness (QED) is 0.810. The number of hydrogen-bond acceptors (Lipinski definition) is 3. The Labute approximate surface area is 109 Å². The van der Waals surface area contributed by atoms with E-state index in [1.54, 1.807) is 26.2 Å². The number of likely N-dealkylation sites (N-methyl/N-ethyl adjacent to an activating group) is 1. The third-order valence-electron chi connectivity index (χ3n) is 3.23. The van der Waals surface area contributed by atoms with Crippen LogP contribution in [0.3, 0.4) is 0 Å². The van der Waals surface area contributed by atoms with E-state index < -0.39 is 0 Å². The normalized spacial score (nSPS) is 13.0. The average Bonchev–Trinajstić information content (AvgIpc) is 2.38. The zero-order valence-corrected chi connectivity index (χ0v) is 11.4. The minimum atomic E-state index is -0.172. The van der Waals surface area contributed by atoms with Gasteiger partial charge >= 0.3 is 0 Å². The van der Waals surface area contributed by atoms with Gasteiger partial charge in [0.1, 0.15) is 5.82 Å². The Morgan fingerprint density at radius 1 is 1.44 bits per heavy atom. The van der Waals surface area contributed by atoms with E-state index in [2.05, 4.69) is 11.8 Å². The van der Waals surface area contributed by atoms with Crippen LogP contribution >= 0.6 is 0 Å². The molecular weight excluding hydrogens is 231 g/mol. The Bertz CT molecular complexity index is 371. The van der Waals surface area contributed by atoms with Gasteiger partial charge in [-0.3, -0.25) is 4.90 Å². The first kappa shape index (κ1) is 15.1. The van der Waals surface area contributed by atoms with Gasteiger partial charge in [-0.25, -0.2) is 4.39 Å². The minimum absolute atomic E-state index is 0.0419. The van der Waals surface area contributed by atoms with Crippen LogP contribution in [0.2, 0.25) is 0 Å². The summed E-state index contributed by atoms with van der Waals surface area (Å²) in [6.45, 7) is 6.62. The van der Waals surface area contributed by atoms with E-state index in [1.807, 2.05) is 6.07 Å². The minimum Gasteiger partial charge on any atom is -0.383 e. The number of methoxy groups -OCH3 is 1. The molecule has 0 amide bonds. The molecule has 3 nitrogen and oxygen atoms in total. The first-order valence-electron chi connectivity index (χ1n) is 6.33. The molecule has 1 unspecified atom stereocenters. The van der Waals surface area contributed by atoms with Gasteiger partial charge in [-0.1, -0.05) is 19.1 Å². The van der Waals surface area contributed by atoms with Crippen LogP contribution in [0.15, 0.2) is 18.2 Å². The second kappa shape index (κ2) is 7.46. The first-order valence-corrected chi connectivity index (χ1v) is 6.33. The molecule has 0 bridgehead atoms. The summed E-state index contributed by atoms with van der Waals surface area (Å²) in [7, 11) is 1.68. The number of benzene rings is 1. The van der Waals surface area contributed by atoms with E-state index in [4.69, 9.17) is 10.5 Å². The van der Waals surface area contributed by atoms with Crippen molar-refractivity contribution in [2.75, 3.05) is 33.4 Å². The van der Waals surface area contributed by atoms with Crippen LogP contribution in [0, 0.1) is 12.7 Å². The van der Waals surface area contributed by atoms with Gasteiger partial charge in [0, 0.05) is 26.2 Å². The van der Waals surface area contributed by atoms with E-state index in [0.717, 1.165) is 18.7 Å². The number of hydrogen-bond donors (Lipinski definition) is 1. The molecule has 4 heteroatoms. The maximum Gasteiger partial charge on any atom is 0.126 e. The molecule has 1 aromatic rings. The van der Waals surface area contributed by atoms with E-state index in [9.17, 15) is 4.39 Å². The Morgan fingerprint density at radius 2 is 2.17 bits per heavy atom. The number of aryl methyl sites for hydroxylation is 1. The highest BCUT2D eigenvalue weighted by Gasteiger charge is 2.18. The van der Waals surface area contributed by atoms with Crippen LogP contribution in [0.5, 0.6) is 0 Å². The summed E-state index contributed by atoms with van der Waals surface area (Å²) >= 11 is 0. The average molecular weight is 254 g/mol. The third-order valence-corrected chi connectivity index (χ3v) is 3.23. The number of nitrogens with zero attached hydrogens (tertiary/aromatic N) is 1.